The number of anilines is 1. The monoisotopic (exact) mass is 336 g/mol. The molecule has 7 nitrogen and oxygen atoms in total. The lowest BCUT2D eigenvalue weighted by atomic mass is 9.96. The fourth-order valence-corrected chi connectivity index (χ4v) is 3.30. The molecule has 128 valence electrons. The van der Waals surface area contributed by atoms with Crippen LogP contribution in [0, 0.1) is 5.92 Å². The minimum Gasteiger partial charge on any atom is -0.324 e. The van der Waals surface area contributed by atoms with Crippen molar-refractivity contribution in [3.05, 3.63) is 54.7 Å². The Kier molecular flexibility index (Phi) is 4.39. The maximum absolute atomic E-state index is 12.6. The highest BCUT2D eigenvalue weighted by atomic mass is 16.1. The van der Waals surface area contributed by atoms with Crippen molar-refractivity contribution < 1.29 is 4.79 Å². The molecular weight excluding hydrogens is 316 g/mol. The topological polar surface area (TPSA) is 75.4 Å². The number of amides is 1. The van der Waals surface area contributed by atoms with Gasteiger partial charge in [-0.15, -0.1) is 0 Å². The standard InChI is InChI=1S/C18H20N6O/c25-18(22-16-5-6-17-20-13-21-24(17)12-16)15-4-2-8-23(11-15)10-14-3-1-7-19-9-14/h1,3,5-7,9,12-13,15H,2,4,8,10-11H2,(H,22,25). The summed E-state index contributed by atoms with van der Waals surface area (Å²) in [4.78, 5) is 23.2. The number of aromatic nitrogens is 4. The molecule has 1 saturated heterocycles. The molecule has 1 unspecified atom stereocenters. The molecule has 3 aromatic heterocycles. The molecular formula is C18H20N6O. The molecule has 1 aliphatic rings. The Bertz CT molecular complexity index is 862. The number of piperidine rings is 1. The summed E-state index contributed by atoms with van der Waals surface area (Å²) in [6, 6.07) is 7.73. The second-order valence-corrected chi connectivity index (χ2v) is 6.41. The van der Waals surface area contributed by atoms with Crippen LogP contribution in [0.1, 0.15) is 18.4 Å². The molecule has 0 saturated carbocycles. The van der Waals surface area contributed by atoms with Gasteiger partial charge >= 0.3 is 0 Å². The molecule has 0 radical (unpaired) electrons. The van der Waals surface area contributed by atoms with Gasteiger partial charge in [0.1, 0.15) is 6.33 Å². The first kappa shape index (κ1) is 15.7. The molecule has 1 amide bonds. The quantitative estimate of drug-likeness (QED) is 0.788. The normalized spacial score (nSPS) is 18.3. The smallest absolute Gasteiger partial charge is 0.228 e. The van der Waals surface area contributed by atoms with Crippen LogP contribution in [-0.2, 0) is 11.3 Å². The number of fused-ring (bicyclic) bond motifs is 1. The van der Waals surface area contributed by atoms with Gasteiger partial charge in [0.25, 0.3) is 0 Å². The zero-order valence-corrected chi connectivity index (χ0v) is 13.9. The van der Waals surface area contributed by atoms with Crippen molar-refractivity contribution in [2.75, 3.05) is 18.4 Å². The van der Waals surface area contributed by atoms with Gasteiger partial charge in [0.05, 0.1) is 17.8 Å². The number of rotatable bonds is 4. The fraction of sp³-hybridized carbons (Fsp3) is 0.333. The fourth-order valence-electron chi connectivity index (χ4n) is 3.30. The van der Waals surface area contributed by atoms with Crippen LogP contribution < -0.4 is 5.32 Å². The minimum atomic E-state index is -0.00290. The van der Waals surface area contributed by atoms with Crippen molar-refractivity contribution in [1.82, 2.24) is 24.5 Å². The first-order chi connectivity index (χ1) is 12.3. The summed E-state index contributed by atoms with van der Waals surface area (Å²) in [6.45, 7) is 2.62. The van der Waals surface area contributed by atoms with E-state index in [-0.39, 0.29) is 11.8 Å². The average Bonchev–Trinajstić information content (AvgIpc) is 3.10. The third-order valence-electron chi connectivity index (χ3n) is 4.55. The molecule has 0 aliphatic carbocycles. The number of hydrogen-bond donors (Lipinski definition) is 1. The van der Waals surface area contributed by atoms with Crippen molar-refractivity contribution in [2.24, 2.45) is 5.92 Å². The first-order valence-electron chi connectivity index (χ1n) is 8.49. The zero-order valence-electron chi connectivity index (χ0n) is 13.9. The molecule has 4 heterocycles. The lowest BCUT2D eigenvalue weighted by Gasteiger charge is -2.31. The molecule has 1 N–H and O–H groups in total. The van der Waals surface area contributed by atoms with Gasteiger partial charge in [-0.05, 0) is 43.1 Å². The van der Waals surface area contributed by atoms with Gasteiger partial charge in [0.15, 0.2) is 5.65 Å². The summed E-state index contributed by atoms with van der Waals surface area (Å²) < 4.78 is 1.66. The number of nitrogens with zero attached hydrogens (tertiary/aromatic N) is 5. The van der Waals surface area contributed by atoms with Crippen LogP contribution in [0.4, 0.5) is 5.69 Å². The van der Waals surface area contributed by atoms with Crippen molar-refractivity contribution >= 4 is 17.2 Å². The second kappa shape index (κ2) is 6.98. The third-order valence-corrected chi connectivity index (χ3v) is 4.55. The number of nitrogens with one attached hydrogen (secondary N) is 1. The van der Waals surface area contributed by atoms with E-state index in [0.717, 1.165) is 43.8 Å². The lowest BCUT2D eigenvalue weighted by Crippen LogP contribution is -2.40. The maximum atomic E-state index is 12.6. The molecule has 1 aliphatic heterocycles. The van der Waals surface area contributed by atoms with Crippen molar-refractivity contribution in [1.29, 1.82) is 0 Å². The Morgan fingerprint density at radius 1 is 1.32 bits per heavy atom. The molecule has 1 atom stereocenters. The van der Waals surface area contributed by atoms with Crippen molar-refractivity contribution in [3.8, 4) is 0 Å². The summed E-state index contributed by atoms with van der Waals surface area (Å²) >= 11 is 0. The molecule has 0 bridgehead atoms. The number of hydrogen-bond acceptors (Lipinski definition) is 5. The van der Waals surface area contributed by atoms with E-state index < -0.39 is 0 Å². The van der Waals surface area contributed by atoms with E-state index >= 15 is 0 Å². The lowest BCUT2D eigenvalue weighted by molar-refractivity contribution is -0.121. The summed E-state index contributed by atoms with van der Waals surface area (Å²) in [7, 11) is 0. The van der Waals surface area contributed by atoms with E-state index in [1.807, 2.05) is 24.4 Å². The largest absolute Gasteiger partial charge is 0.324 e. The van der Waals surface area contributed by atoms with E-state index in [1.165, 1.54) is 11.9 Å². The highest BCUT2D eigenvalue weighted by molar-refractivity contribution is 5.92. The highest BCUT2D eigenvalue weighted by Crippen LogP contribution is 2.20. The predicted octanol–water partition coefficient (Wildman–Crippen LogP) is 1.97. The van der Waals surface area contributed by atoms with Gasteiger partial charge in [-0.25, -0.2) is 9.50 Å². The van der Waals surface area contributed by atoms with Crippen molar-refractivity contribution in [2.45, 2.75) is 19.4 Å². The number of likely N-dealkylation sites (tertiary alicyclic amines) is 1. The van der Waals surface area contributed by atoms with Crippen LogP contribution >= 0.6 is 0 Å². The van der Waals surface area contributed by atoms with Gasteiger partial charge in [-0.3, -0.25) is 14.7 Å². The number of pyridine rings is 2. The number of carbonyl (C=O) groups excluding carboxylic acids is 1. The van der Waals surface area contributed by atoms with Crippen molar-refractivity contribution in [3.63, 3.8) is 0 Å². The van der Waals surface area contributed by atoms with Gasteiger partial charge in [-0.2, -0.15) is 5.10 Å². The summed E-state index contributed by atoms with van der Waals surface area (Å²) in [5.74, 6) is 0.0622. The summed E-state index contributed by atoms with van der Waals surface area (Å²) in [5, 5.41) is 7.11. The van der Waals surface area contributed by atoms with E-state index in [0.29, 0.717) is 0 Å². The number of carbonyl (C=O) groups is 1. The third kappa shape index (κ3) is 3.66. The van der Waals surface area contributed by atoms with E-state index in [4.69, 9.17) is 0 Å². The molecule has 25 heavy (non-hydrogen) atoms. The Morgan fingerprint density at radius 2 is 2.28 bits per heavy atom. The Hall–Kier alpha value is -2.80. The van der Waals surface area contributed by atoms with Gasteiger partial charge in [0.2, 0.25) is 5.91 Å². The van der Waals surface area contributed by atoms with Gasteiger partial charge in [0, 0.05) is 25.5 Å². The van der Waals surface area contributed by atoms with Crippen LogP contribution in [-0.4, -0.2) is 43.5 Å². The zero-order chi connectivity index (χ0) is 17.1. The summed E-state index contributed by atoms with van der Waals surface area (Å²) in [6.07, 6.45) is 8.90. The summed E-state index contributed by atoms with van der Waals surface area (Å²) in [5.41, 5.74) is 2.69. The molecule has 0 spiro atoms. The van der Waals surface area contributed by atoms with Crippen LogP contribution in [0.3, 0.4) is 0 Å². The molecule has 0 aromatic carbocycles. The van der Waals surface area contributed by atoms with E-state index in [9.17, 15) is 4.79 Å². The van der Waals surface area contributed by atoms with Gasteiger partial charge in [-0.1, -0.05) is 6.07 Å². The molecule has 7 heteroatoms. The average molecular weight is 336 g/mol. The first-order valence-corrected chi connectivity index (χ1v) is 8.49. The Morgan fingerprint density at radius 3 is 3.16 bits per heavy atom. The molecule has 1 fully saturated rings. The second-order valence-electron chi connectivity index (χ2n) is 6.41. The Labute approximate surface area is 145 Å². The van der Waals surface area contributed by atoms with Crippen LogP contribution in [0.5, 0.6) is 0 Å². The molecule has 3 aromatic rings. The SMILES string of the molecule is O=C(Nc1ccc2ncnn2c1)C1CCCN(Cc2cccnc2)C1. The Balaban J connectivity index is 1.39. The van der Waals surface area contributed by atoms with Crippen LogP contribution in [0.2, 0.25) is 0 Å². The van der Waals surface area contributed by atoms with E-state index in [1.54, 1.807) is 16.9 Å². The highest BCUT2D eigenvalue weighted by Gasteiger charge is 2.26. The maximum Gasteiger partial charge on any atom is 0.228 e. The molecule has 4 rings (SSSR count). The van der Waals surface area contributed by atoms with Crippen LogP contribution in [0.15, 0.2) is 49.2 Å². The van der Waals surface area contributed by atoms with E-state index in [2.05, 4.69) is 31.3 Å². The minimum absolute atomic E-state index is 0.00290. The predicted molar refractivity (Wildman–Crippen MR) is 93.9 cm³/mol. The van der Waals surface area contributed by atoms with Gasteiger partial charge < -0.3 is 5.32 Å². The van der Waals surface area contributed by atoms with Crippen LogP contribution in [0.25, 0.3) is 5.65 Å².